The molecule has 0 saturated carbocycles. The van der Waals surface area contributed by atoms with Gasteiger partial charge in [0.2, 0.25) is 0 Å². The van der Waals surface area contributed by atoms with Gasteiger partial charge >= 0.3 is 0 Å². The summed E-state index contributed by atoms with van der Waals surface area (Å²) in [6.45, 7) is 2.23. The van der Waals surface area contributed by atoms with E-state index < -0.39 is 0 Å². The fourth-order valence-corrected chi connectivity index (χ4v) is 2.88. The fraction of sp³-hybridized carbons (Fsp3) is 0.238. The second kappa shape index (κ2) is 6.74. The lowest BCUT2D eigenvalue weighted by Gasteiger charge is -2.07. The van der Waals surface area contributed by atoms with E-state index in [9.17, 15) is 4.39 Å². The van der Waals surface area contributed by atoms with Crippen LogP contribution in [-0.4, -0.2) is 0 Å². The van der Waals surface area contributed by atoms with Crippen molar-refractivity contribution in [3.63, 3.8) is 0 Å². The molecule has 0 N–H and O–H groups in total. The predicted molar refractivity (Wildman–Crippen MR) is 92.6 cm³/mol. The number of hydrogen-bond acceptors (Lipinski definition) is 0. The molecule has 0 bridgehead atoms. The van der Waals surface area contributed by atoms with E-state index in [0.29, 0.717) is 0 Å². The quantitative estimate of drug-likeness (QED) is 0.479. The van der Waals surface area contributed by atoms with Crippen molar-refractivity contribution in [1.82, 2.24) is 0 Å². The molecule has 3 rings (SSSR count). The first-order chi connectivity index (χ1) is 10.8. The van der Waals surface area contributed by atoms with Crippen LogP contribution in [0.1, 0.15) is 31.7 Å². The molecule has 0 radical (unpaired) electrons. The van der Waals surface area contributed by atoms with E-state index in [-0.39, 0.29) is 5.82 Å². The SMILES string of the molecule is CCCCCc1ccc2cc(-c3cccc(F)c3)ccc2c1. The van der Waals surface area contributed by atoms with E-state index in [4.69, 9.17) is 0 Å². The summed E-state index contributed by atoms with van der Waals surface area (Å²) in [6.07, 6.45) is 4.94. The van der Waals surface area contributed by atoms with Crippen molar-refractivity contribution in [2.45, 2.75) is 32.6 Å². The van der Waals surface area contributed by atoms with Gasteiger partial charge in [0.15, 0.2) is 0 Å². The Kier molecular flexibility index (Phi) is 4.53. The summed E-state index contributed by atoms with van der Waals surface area (Å²) in [5.74, 6) is -0.191. The van der Waals surface area contributed by atoms with E-state index in [1.165, 1.54) is 41.7 Å². The highest BCUT2D eigenvalue weighted by atomic mass is 19.1. The van der Waals surface area contributed by atoms with Crippen molar-refractivity contribution in [2.24, 2.45) is 0 Å². The maximum atomic E-state index is 13.4. The van der Waals surface area contributed by atoms with Crippen molar-refractivity contribution in [2.75, 3.05) is 0 Å². The van der Waals surface area contributed by atoms with Gasteiger partial charge in [0, 0.05) is 0 Å². The summed E-state index contributed by atoms with van der Waals surface area (Å²) in [6, 6.07) is 19.8. The van der Waals surface area contributed by atoms with E-state index >= 15 is 0 Å². The first kappa shape index (κ1) is 14.8. The standard InChI is InChI=1S/C21H21F/c1-2-3-4-6-16-9-10-19-14-20(12-11-18(19)13-16)17-7-5-8-21(22)15-17/h5,7-15H,2-4,6H2,1H3. The Labute approximate surface area is 131 Å². The van der Waals surface area contributed by atoms with Gasteiger partial charge in [-0.25, -0.2) is 4.39 Å². The molecule has 22 heavy (non-hydrogen) atoms. The molecule has 0 atom stereocenters. The Balaban J connectivity index is 1.89. The Morgan fingerprint density at radius 1 is 0.773 bits per heavy atom. The summed E-state index contributed by atoms with van der Waals surface area (Å²) in [4.78, 5) is 0. The fourth-order valence-electron chi connectivity index (χ4n) is 2.88. The Hall–Kier alpha value is -2.15. The van der Waals surface area contributed by atoms with Gasteiger partial charge in [0.1, 0.15) is 5.82 Å². The van der Waals surface area contributed by atoms with Crippen molar-refractivity contribution >= 4 is 10.8 Å². The van der Waals surface area contributed by atoms with Crippen LogP contribution in [-0.2, 0) is 6.42 Å². The molecule has 0 aliphatic rings. The third kappa shape index (κ3) is 3.36. The zero-order chi connectivity index (χ0) is 15.4. The van der Waals surface area contributed by atoms with Crippen LogP contribution in [0.25, 0.3) is 21.9 Å². The third-order valence-corrected chi connectivity index (χ3v) is 4.13. The van der Waals surface area contributed by atoms with Gasteiger partial charge in [-0.05, 0) is 58.5 Å². The van der Waals surface area contributed by atoms with Crippen LogP contribution in [0, 0.1) is 5.82 Å². The lowest BCUT2D eigenvalue weighted by molar-refractivity contribution is 0.628. The molecule has 0 fully saturated rings. The molecule has 0 aliphatic heterocycles. The smallest absolute Gasteiger partial charge is 0.123 e. The number of benzene rings is 3. The summed E-state index contributed by atoms with van der Waals surface area (Å²) >= 11 is 0. The van der Waals surface area contributed by atoms with Crippen molar-refractivity contribution in [3.05, 3.63) is 72.0 Å². The maximum absolute atomic E-state index is 13.4. The molecule has 0 heterocycles. The number of fused-ring (bicyclic) bond motifs is 1. The van der Waals surface area contributed by atoms with Crippen LogP contribution >= 0.6 is 0 Å². The Bertz CT molecular complexity index is 774. The molecular weight excluding hydrogens is 271 g/mol. The van der Waals surface area contributed by atoms with Crippen LogP contribution < -0.4 is 0 Å². The summed E-state index contributed by atoms with van der Waals surface area (Å²) in [5, 5.41) is 2.47. The molecule has 0 amide bonds. The Morgan fingerprint density at radius 2 is 1.55 bits per heavy atom. The normalized spacial score (nSPS) is 11.0. The number of unbranched alkanes of at least 4 members (excludes halogenated alkanes) is 2. The van der Waals surface area contributed by atoms with Gasteiger partial charge in [0.05, 0.1) is 0 Å². The molecule has 3 aromatic rings. The largest absolute Gasteiger partial charge is 0.207 e. The molecule has 3 aromatic carbocycles. The lowest BCUT2D eigenvalue weighted by atomic mass is 9.98. The van der Waals surface area contributed by atoms with Crippen molar-refractivity contribution in [1.29, 1.82) is 0 Å². The predicted octanol–water partition coefficient (Wildman–Crippen LogP) is 6.38. The van der Waals surface area contributed by atoms with Gasteiger partial charge in [-0.1, -0.05) is 62.2 Å². The third-order valence-electron chi connectivity index (χ3n) is 4.13. The molecule has 0 unspecified atom stereocenters. The minimum Gasteiger partial charge on any atom is -0.207 e. The second-order valence-electron chi connectivity index (χ2n) is 5.86. The summed E-state index contributed by atoms with van der Waals surface area (Å²) in [5.41, 5.74) is 3.39. The number of hydrogen-bond donors (Lipinski definition) is 0. The first-order valence-corrected chi connectivity index (χ1v) is 8.05. The average molecular weight is 292 g/mol. The molecule has 0 saturated heterocycles. The monoisotopic (exact) mass is 292 g/mol. The number of rotatable bonds is 5. The van der Waals surface area contributed by atoms with Crippen LogP contribution in [0.2, 0.25) is 0 Å². The number of aryl methyl sites for hydroxylation is 1. The van der Waals surface area contributed by atoms with E-state index in [2.05, 4.69) is 43.3 Å². The van der Waals surface area contributed by atoms with Crippen LogP contribution in [0.15, 0.2) is 60.7 Å². The first-order valence-electron chi connectivity index (χ1n) is 8.05. The molecule has 112 valence electrons. The summed E-state index contributed by atoms with van der Waals surface area (Å²) < 4.78 is 13.4. The highest BCUT2D eigenvalue weighted by molar-refractivity contribution is 5.87. The van der Waals surface area contributed by atoms with Crippen LogP contribution in [0.5, 0.6) is 0 Å². The van der Waals surface area contributed by atoms with E-state index in [1.54, 1.807) is 12.1 Å². The second-order valence-corrected chi connectivity index (χ2v) is 5.86. The zero-order valence-corrected chi connectivity index (χ0v) is 13.0. The lowest BCUT2D eigenvalue weighted by Crippen LogP contribution is -1.86. The zero-order valence-electron chi connectivity index (χ0n) is 13.0. The van der Waals surface area contributed by atoms with Gasteiger partial charge in [-0.2, -0.15) is 0 Å². The van der Waals surface area contributed by atoms with Gasteiger partial charge in [-0.3, -0.25) is 0 Å². The molecule has 0 spiro atoms. The van der Waals surface area contributed by atoms with Crippen LogP contribution in [0.3, 0.4) is 0 Å². The summed E-state index contributed by atoms with van der Waals surface area (Å²) in [7, 11) is 0. The van der Waals surface area contributed by atoms with E-state index in [0.717, 1.165) is 17.5 Å². The highest BCUT2D eigenvalue weighted by Crippen LogP contribution is 2.26. The van der Waals surface area contributed by atoms with Crippen LogP contribution in [0.4, 0.5) is 4.39 Å². The molecule has 0 aliphatic carbocycles. The minimum atomic E-state index is -0.191. The maximum Gasteiger partial charge on any atom is 0.123 e. The van der Waals surface area contributed by atoms with Crippen molar-refractivity contribution < 1.29 is 4.39 Å². The molecule has 0 nitrogen and oxygen atoms in total. The average Bonchev–Trinajstić information content (AvgIpc) is 2.54. The topological polar surface area (TPSA) is 0 Å². The number of halogens is 1. The molecule has 0 aromatic heterocycles. The molecule has 1 heteroatoms. The van der Waals surface area contributed by atoms with Crippen molar-refractivity contribution in [3.8, 4) is 11.1 Å². The van der Waals surface area contributed by atoms with Gasteiger partial charge in [0.25, 0.3) is 0 Å². The Morgan fingerprint density at radius 3 is 2.36 bits per heavy atom. The molecular formula is C21H21F. The van der Waals surface area contributed by atoms with Gasteiger partial charge < -0.3 is 0 Å². The minimum absolute atomic E-state index is 0.191. The highest BCUT2D eigenvalue weighted by Gasteiger charge is 2.02. The van der Waals surface area contributed by atoms with Gasteiger partial charge in [-0.15, -0.1) is 0 Å². The van der Waals surface area contributed by atoms with E-state index in [1.807, 2.05) is 6.07 Å².